The highest BCUT2D eigenvalue weighted by molar-refractivity contribution is 5.78. The van der Waals surface area contributed by atoms with Crippen molar-refractivity contribution < 1.29 is 18.8 Å². The van der Waals surface area contributed by atoms with Crippen molar-refractivity contribution in [2.45, 2.75) is 19.8 Å². The third kappa shape index (κ3) is 3.34. The molecule has 0 saturated heterocycles. The van der Waals surface area contributed by atoms with E-state index < -0.39 is 0 Å². The van der Waals surface area contributed by atoms with Crippen molar-refractivity contribution in [1.82, 2.24) is 10.5 Å². The molecular weight excluding hydrogens is 272 g/mol. The minimum atomic E-state index is -0.0657. The Balaban J connectivity index is 1.46. The highest BCUT2D eigenvalue weighted by Gasteiger charge is 2.13. The van der Waals surface area contributed by atoms with E-state index in [9.17, 15) is 4.79 Å². The molecule has 6 heteroatoms. The van der Waals surface area contributed by atoms with E-state index in [1.807, 2.05) is 18.2 Å². The molecule has 0 fully saturated rings. The van der Waals surface area contributed by atoms with E-state index >= 15 is 0 Å². The monoisotopic (exact) mass is 288 g/mol. The summed E-state index contributed by atoms with van der Waals surface area (Å²) in [5, 5.41) is 6.66. The molecule has 0 saturated carbocycles. The van der Waals surface area contributed by atoms with Crippen LogP contribution in [0.2, 0.25) is 0 Å². The SMILES string of the molecule is Cc1cc(CC(=O)NCCc2ccc3c(c2)OCO3)no1. The van der Waals surface area contributed by atoms with Crippen molar-refractivity contribution in [1.29, 1.82) is 0 Å². The van der Waals surface area contributed by atoms with Gasteiger partial charge in [-0.25, -0.2) is 0 Å². The number of hydrogen-bond acceptors (Lipinski definition) is 5. The molecule has 3 rings (SSSR count). The maximum Gasteiger partial charge on any atom is 0.231 e. The predicted octanol–water partition coefficient (Wildman–Crippen LogP) is 1.61. The highest BCUT2D eigenvalue weighted by atomic mass is 16.7. The number of aryl methyl sites for hydroxylation is 1. The average molecular weight is 288 g/mol. The zero-order valence-electron chi connectivity index (χ0n) is 11.7. The summed E-state index contributed by atoms with van der Waals surface area (Å²) >= 11 is 0. The van der Waals surface area contributed by atoms with Crippen LogP contribution >= 0.6 is 0 Å². The number of carbonyl (C=O) groups is 1. The Labute approximate surface area is 122 Å². The van der Waals surface area contributed by atoms with Crippen LogP contribution in [0.1, 0.15) is 17.0 Å². The fourth-order valence-electron chi connectivity index (χ4n) is 2.17. The molecule has 1 aliphatic heterocycles. The van der Waals surface area contributed by atoms with Gasteiger partial charge in [-0.2, -0.15) is 0 Å². The summed E-state index contributed by atoms with van der Waals surface area (Å²) in [5.74, 6) is 2.17. The molecule has 0 bridgehead atoms. The van der Waals surface area contributed by atoms with Crippen LogP contribution in [0.3, 0.4) is 0 Å². The van der Waals surface area contributed by atoms with Crippen molar-refractivity contribution >= 4 is 5.91 Å². The van der Waals surface area contributed by atoms with Gasteiger partial charge in [0.1, 0.15) is 5.76 Å². The molecule has 0 unspecified atom stereocenters. The minimum Gasteiger partial charge on any atom is -0.454 e. The first-order valence-electron chi connectivity index (χ1n) is 6.78. The van der Waals surface area contributed by atoms with Crippen LogP contribution in [0.15, 0.2) is 28.8 Å². The van der Waals surface area contributed by atoms with Crippen LogP contribution in [0.4, 0.5) is 0 Å². The highest BCUT2D eigenvalue weighted by Crippen LogP contribution is 2.32. The molecule has 2 heterocycles. The van der Waals surface area contributed by atoms with Gasteiger partial charge < -0.3 is 19.3 Å². The molecule has 110 valence electrons. The Bertz CT molecular complexity index is 651. The number of amides is 1. The lowest BCUT2D eigenvalue weighted by Crippen LogP contribution is -2.27. The number of nitrogens with zero attached hydrogens (tertiary/aromatic N) is 1. The summed E-state index contributed by atoms with van der Waals surface area (Å²) in [5.41, 5.74) is 1.74. The van der Waals surface area contributed by atoms with Gasteiger partial charge in [0.2, 0.25) is 12.7 Å². The van der Waals surface area contributed by atoms with E-state index in [0.717, 1.165) is 23.5 Å². The van der Waals surface area contributed by atoms with Gasteiger partial charge in [0.05, 0.1) is 12.1 Å². The topological polar surface area (TPSA) is 73.6 Å². The van der Waals surface area contributed by atoms with Crippen molar-refractivity contribution in [2.75, 3.05) is 13.3 Å². The molecule has 1 aromatic heterocycles. The third-order valence-corrected chi connectivity index (χ3v) is 3.19. The molecular formula is C15H16N2O4. The average Bonchev–Trinajstić information content (AvgIpc) is 3.07. The number of aromatic nitrogens is 1. The fraction of sp³-hybridized carbons (Fsp3) is 0.333. The first-order chi connectivity index (χ1) is 10.2. The van der Waals surface area contributed by atoms with Gasteiger partial charge in [-0.05, 0) is 31.0 Å². The molecule has 2 aromatic rings. The van der Waals surface area contributed by atoms with E-state index in [0.29, 0.717) is 18.0 Å². The Morgan fingerprint density at radius 2 is 2.14 bits per heavy atom. The summed E-state index contributed by atoms with van der Waals surface area (Å²) in [6.07, 6.45) is 0.971. The normalized spacial score (nSPS) is 12.4. The van der Waals surface area contributed by atoms with Crippen LogP contribution < -0.4 is 14.8 Å². The molecule has 1 N–H and O–H groups in total. The molecule has 1 amide bonds. The van der Waals surface area contributed by atoms with Gasteiger partial charge in [-0.1, -0.05) is 11.2 Å². The van der Waals surface area contributed by atoms with Crippen LogP contribution in [-0.2, 0) is 17.6 Å². The minimum absolute atomic E-state index is 0.0657. The summed E-state index contributed by atoms with van der Waals surface area (Å²) < 4.78 is 15.5. The number of carbonyl (C=O) groups excluding carboxylic acids is 1. The Morgan fingerprint density at radius 1 is 1.29 bits per heavy atom. The third-order valence-electron chi connectivity index (χ3n) is 3.19. The van der Waals surface area contributed by atoms with Crippen LogP contribution in [0, 0.1) is 6.92 Å². The van der Waals surface area contributed by atoms with Crippen LogP contribution in [0.5, 0.6) is 11.5 Å². The Kier molecular flexibility index (Phi) is 3.77. The first-order valence-corrected chi connectivity index (χ1v) is 6.78. The number of ether oxygens (including phenoxy) is 2. The standard InChI is InChI=1S/C15H16N2O4/c1-10-6-12(17-21-10)8-15(18)16-5-4-11-2-3-13-14(7-11)20-9-19-13/h2-3,6-7H,4-5,8-9H2,1H3,(H,16,18). The van der Waals surface area contributed by atoms with E-state index in [1.165, 1.54) is 0 Å². The Morgan fingerprint density at radius 3 is 2.95 bits per heavy atom. The summed E-state index contributed by atoms with van der Waals surface area (Å²) in [4.78, 5) is 11.8. The molecule has 0 radical (unpaired) electrons. The number of nitrogens with one attached hydrogen (secondary N) is 1. The number of hydrogen-bond donors (Lipinski definition) is 1. The van der Waals surface area contributed by atoms with Gasteiger partial charge in [0, 0.05) is 12.6 Å². The molecule has 1 aromatic carbocycles. The molecule has 6 nitrogen and oxygen atoms in total. The van der Waals surface area contributed by atoms with Crippen molar-refractivity contribution in [3.05, 3.63) is 41.3 Å². The fourth-order valence-corrected chi connectivity index (χ4v) is 2.17. The Hall–Kier alpha value is -2.50. The van der Waals surface area contributed by atoms with Crippen molar-refractivity contribution in [3.8, 4) is 11.5 Å². The molecule has 0 aliphatic carbocycles. The summed E-state index contributed by atoms with van der Waals surface area (Å²) in [7, 11) is 0. The first kappa shape index (κ1) is 13.5. The lowest BCUT2D eigenvalue weighted by molar-refractivity contribution is -0.120. The molecule has 0 atom stereocenters. The lowest BCUT2D eigenvalue weighted by Gasteiger charge is -2.05. The molecule has 1 aliphatic rings. The maximum absolute atomic E-state index is 11.8. The van der Waals surface area contributed by atoms with E-state index in [1.54, 1.807) is 13.0 Å². The largest absolute Gasteiger partial charge is 0.454 e. The van der Waals surface area contributed by atoms with Gasteiger partial charge in [-0.3, -0.25) is 4.79 Å². The smallest absolute Gasteiger partial charge is 0.231 e. The van der Waals surface area contributed by atoms with Gasteiger partial charge in [0.25, 0.3) is 0 Å². The van der Waals surface area contributed by atoms with E-state index in [-0.39, 0.29) is 19.1 Å². The molecule has 0 spiro atoms. The van der Waals surface area contributed by atoms with Gasteiger partial charge >= 0.3 is 0 Å². The summed E-state index contributed by atoms with van der Waals surface area (Å²) in [6.45, 7) is 2.63. The second-order valence-electron chi connectivity index (χ2n) is 4.89. The van der Waals surface area contributed by atoms with Crippen molar-refractivity contribution in [2.24, 2.45) is 0 Å². The van der Waals surface area contributed by atoms with Crippen LogP contribution in [-0.4, -0.2) is 24.4 Å². The van der Waals surface area contributed by atoms with Gasteiger partial charge in [0.15, 0.2) is 11.5 Å². The number of rotatable bonds is 5. The predicted molar refractivity (Wildman–Crippen MR) is 74.2 cm³/mol. The van der Waals surface area contributed by atoms with Crippen LogP contribution in [0.25, 0.3) is 0 Å². The number of fused-ring (bicyclic) bond motifs is 1. The summed E-state index contributed by atoms with van der Waals surface area (Å²) in [6, 6.07) is 7.56. The number of benzene rings is 1. The zero-order chi connectivity index (χ0) is 14.7. The van der Waals surface area contributed by atoms with E-state index in [2.05, 4.69) is 10.5 Å². The zero-order valence-corrected chi connectivity index (χ0v) is 11.7. The maximum atomic E-state index is 11.8. The second kappa shape index (κ2) is 5.87. The lowest BCUT2D eigenvalue weighted by atomic mass is 10.1. The van der Waals surface area contributed by atoms with Gasteiger partial charge in [-0.15, -0.1) is 0 Å². The van der Waals surface area contributed by atoms with E-state index in [4.69, 9.17) is 14.0 Å². The quantitative estimate of drug-likeness (QED) is 0.905. The molecule has 21 heavy (non-hydrogen) atoms. The second-order valence-corrected chi connectivity index (χ2v) is 4.89. The van der Waals surface area contributed by atoms with Crippen molar-refractivity contribution in [3.63, 3.8) is 0 Å².